The summed E-state index contributed by atoms with van der Waals surface area (Å²) in [6.07, 6.45) is -0.234. The molecule has 0 spiro atoms. The van der Waals surface area contributed by atoms with Crippen LogP contribution in [-0.2, 0) is 19.7 Å². The van der Waals surface area contributed by atoms with E-state index in [4.69, 9.17) is 9.47 Å². The van der Waals surface area contributed by atoms with Crippen molar-refractivity contribution in [1.29, 1.82) is 0 Å². The van der Waals surface area contributed by atoms with Crippen LogP contribution in [0.15, 0.2) is 24.3 Å². The Morgan fingerprint density at radius 3 is 2.34 bits per heavy atom. The number of ether oxygens (including phenoxy) is 2. The average molecular weight is 427 g/mol. The van der Waals surface area contributed by atoms with E-state index in [0.717, 1.165) is 0 Å². The van der Waals surface area contributed by atoms with Crippen LogP contribution in [0.3, 0.4) is 0 Å². The molecule has 1 amide bonds. The molecule has 9 nitrogen and oxygen atoms in total. The van der Waals surface area contributed by atoms with E-state index in [1.54, 1.807) is 19.2 Å². The molecule has 2 unspecified atom stereocenters. The van der Waals surface area contributed by atoms with Crippen molar-refractivity contribution >= 4 is 21.8 Å². The summed E-state index contributed by atoms with van der Waals surface area (Å²) in [5.41, 5.74) is 0.622. The third-order valence-corrected chi connectivity index (χ3v) is 7.09. The van der Waals surface area contributed by atoms with Crippen LogP contribution in [0.2, 0.25) is 0 Å². The Kier molecular flexibility index (Phi) is 7.12. The summed E-state index contributed by atoms with van der Waals surface area (Å²) < 4.78 is 39.8. The SMILES string of the molecule is COc1ccccc1NC(=O)CN1CCN(S(=O)(=O)N2CC(C)OC(C)C2)CC1. The molecular formula is C19H30N4O5S. The number of para-hydroxylation sites is 2. The van der Waals surface area contributed by atoms with Crippen molar-refractivity contribution in [1.82, 2.24) is 13.5 Å². The van der Waals surface area contributed by atoms with E-state index >= 15 is 0 Å². The molecule has 1 aromatic rings. The topological polar surface area (TPSA) is 91.4 Å². The summed E-state index contributed by atoms with van der Waals surface area (Å²) >= 11 is 0. The Morgan fingerprint density at radius 1 is 1.10 bits per heavy atom. The predicted molar refractivity (Wildman–Crippen MR) is 110 cm³/mol. The number of anilines is 1. The van der Waals surface area contributed by atoms with E-state index in [1.807, 2.05) is 30.9 Å². The standard InChI is InChI=1S/C19H30N4O5S/c1-15-12-23(13-16(2)28-15)29(25,26)22-10-8-21(9-11-22)14-19(24)20-17-6-4-5-7-18(17)27-3/h4-7,15-16H,8-14H2,1-3H3,(H,20,24). The van der Waals surface area contributed by atoms with Crippen LogP contribution in [0.4, 0.5) is 5.69 Å². The van der Waals surface area contributed by atoms with Crippen LogP contribution in [0.5, 0.6) is 5.75 Å². The summed E-state index contributed by atoms with van der Waals surface area (Å²) in [6, 6.07) is 7.23. The van der Waals surface area contributed by atoms with Gasteiger partial charge in [0.05, 0.1) is 31.5 Å². The number of amides is 1. The van der Waals surface area contributed by atoms with Gasteiger partial charge in [-0.15, -0.1) is 0 Å². The van der Waals surface area contributed by atoms with Crippen molar-refractivity contribution in [3.8, 4) is 5.75 Å². The molecule has 0 bridgehead atoms. The van der Waals surface area contributed by atoms with Gasteiger partial charge in [-0.1, -0.05) is 12.1 Å². The molecular weight excluding hydrogens is 396 g/mol. The Hall–Kier alpha value is -1.72. The van der Waals surface area contributed by atoms with Gasteiger partial charge < -0.3 is 14.8 Å². The highest BCUT2D eigenvalue weighted by molar-refractivity contribution is 7.86. The number of carbonyl (C=O) groups is 1. The van der Waals surface area contributed by atoms with Crippen LogP contribution >= 0.6 is 0 Å². The first-order valence-electron chi connectivity index (χ1n) is 9.85. The highest BCUT2D eigenvalue weighted by Crippen LogP contribution is 2.23. The van der Waals surface area contributed by atoms with Crippen molar-refractivity contribution in [3.05, 3.63) is 24.3 Å². The first-order chi connectivity index (χ1) is 13.8. The monoisotopic (exact) mass is 426 g/mol. The van der Waals surface area contributed by atoms with Gasteiger partial charge in [-0.05, 0) is 26.0 Å². The van der Waals surface area contributed by atoms with E-state index in [2.05, 4.69) is 5.32 Å². The van der Waals surface area contributed by atoms with Crippen LogP contribution in [0.25, 0.3) is 0 Å². The van der Waals surface area contributed by atoms with Gasteiger partial charge in [0.1, 0.15) is 5.75 Å². The molecule has 10 heteroatoms. The number of morpholine rings is 1. The minimum absolute atomic E-state index is 0.117. The van der Waals surface area contributed by atoms with Crippen molar-refractivity contribution < 1.29 is 22.7 Å². The maximum Gasteiger partial charge on any atom is 0.282 e. The van der Waals surface area contributed by atoms with Gasteiger partial charge in [0.25, 0.3) is 10.2 Å². The van der Waals surface area contributed by atoms with E-state index in [1.165, 1.54) is 8.61 Å². The molecule has 3 rings (SSSR count). The Bertz CT molecular complexity index is 801. The fourth-order valence-electron chi connectivity index (χ4n) is 3.74. The minimum Gasteiger partial charge on any atom is -0.495 e. The van der Waals surface area contributed by atoms with Crippen molar-refractivity contribution in [2.24, 2.45) is 0 Å². The number of rotatable bonds is 6. The molecule has 2 fully saturated rings. The fourth-order valence-corrected chi connectivity index (χ4v) is 5.49. The highest BCUT2D eigenvalue weighted by atomic mass is 32.2. The normalized spacial score (nSPS) is 24.9. The van der Waals surface area contributed by atoms with Gasteiger partial charge in [-0.25, -0.2) is 0 Å². The molecule has 2 saturated heterocycles. The third kappa shape index (κ3) is 5.46. The van der Waals surface area contributed by atoms with E-state index in [0.29, 0.717) is 50.7 Å². The number of nitrogens with zero attached hydrogens (tertiary/aromatic N) is 3. The first kappa shape index (κ1) is 22.0. The second-order valence-corrected chi connectivity index (χ2v) is 9.43. The number of hydrogen-bond acceptors (Lipinski definition) is 6. The molecule has 2 heterocycles. The number of piperazine rings is 1. The third-order valence-electron chi connectivity index (χ3n) is 5.12. The van der Waals surface area contributed by atoms with Gasteiger partial charge in [0.15, 0.2) is 0 Å². The van der Waals surface area contributed by atoms with Gasteiger partial charge in [0.2, 0.25) is 5.91 Å². The van der Waals surface area contributed by atoms with Crippen LogP contribution in [0.1, 0.15) is 13.8 Å². The molecule has 2 aliphatic heterocycles. The second kappa shape index (κ2) is 9.40. The lowest BCUT2D eigenvalue weighted by Crippen LogP contribution is -2.57. The van der Waals surface area contributed by atoms with Crippen LogP contribution < -0.4 is 10.1 Å². The lowest BCUT2D eigenvalue weighted by atomic mass is 10.3. The summed E-state index contributed by atoms with van der Waals surface area (Å²) in [4.78, 5) is 14.3. The quantitative estimate of drug-likeness (QED) is 0.717. The molecule has 0 saturated carbocycles. The van der Waals surface area contributed by atoms with Crippen LogP contribution in [0, 0.1) is 0 Å². The Labute approximate surface area is 172 Å². The maximum atomic E-state index is 13.0. The predicted octanol–water partition coefficient (Wildman–Crippen LogP) is 0.605. The summed E-state index contributed by atoms with van der Waals surface area (Å²) in [5, 5.41) is 2.85. The van der Waals surface area contributed by atoms with E-state index in [9.17, 15) is 13.2 Å². The van der Waals surface area contributed by atoms with E-state index < -0.39 is 10.2 Å². The molecule has 0 radical (unpaired) electrons. The maximum absolute atomic E-state index is 13.0. The van der Waals surface area contributed by atoms with Gasteiger partial charge in [0, 0.05) is 39.3 Å². The molecule has 1 aromatic carbocycles. The molecule has 162 valence electrons. The molecule has 29 heavy (non-hydrogen) atoms. The highest BCUT2D eigenvalue weighted by Gasteiger charge is 2.36. The zero-order chi connectivity index (χ0) is 21.0. The average Bonchev–Trinajstić information content (AvgIpc) is 2.68. The van der Waals surface area contributed by atoms with Gasteiger partial charge >= 0.3 is 0 Å². The van der Waals surface area contributed by atoms with Crippen LogP contribution in [-0.4, -0.2) is 93.0 Å². The van der Waals surface area contributed by atoms with E-state index in [-0.39, 0.29) is 24.7 Å². The summed E-state index contributed by atoms with van der Waals surface area (Å²) in [5.74, 6) is 0.451. The smallest absolute Gasteiger partial charge is 0.282 e. The largest absolute Gasteiger partial charge is 0.495 e. The number of benzene rings is 1. The molecule has 2 atom stereocenters. The zero-order valence-electron chi connectivity index (χ0n) is 17.2. The molecule has 0 aliphatic carbocycles. The van der Waals surface area contributed by atoms with Gasteiger partial charge in [-0.3, -0.25) is 9.69 Å². The Morgan fingerprint density at radius 2 is 1.72 bits per heavy atom. The lowest BCUT2D eigenvalue weighted by molar-refractivity contribution is -0.117. The van der Waals surface area contributed by atoms with Gasteiger partial charge in [-0.2, -0.15) is 17.0 Å². The lowest BCUT2D eigenvalue weighted by Gasteiger charge is -2.40. The number of carbonyl (C=O) groups excluding carboxylic acids is 1. The summed E-state index contributed by atoms with van der Waals surface area (Å²) in [6.45, 7) is 6.46. The zero-order valence-corrected chi connectivity index (χ0v) is 18.0. The minimum atomic E-state index is -3.52. The van der Waals surface area contributed by atoms with Crippen molar-refractivity contribution in [3.63, 3.8) is 0 Å². The second-order valence-electron chi connectivity index (χ2n) is 7.51. The number of methoxy groups -OCH3 is 1. The van der Waals surface area contributed by atoms with Crippen molar-refractivity contribution in [2.75, 3.05) is 58.2 Å². The number of hydrogen-bond donors (Lipinski definition) is 1. The Balaban J connectivity index is 1.51. The molecule has 2 aliphatic rings. The molecule has 1 N–H and O–H groups in total. The summed E-state index contributed by atoms with van der Waals surface area (Å²) in [7, 11) is -1.96. The first-order valence-corrected chi connectivity index (χ1v) is 11.2. The molecule has 0 aromatic heterocycles. The van der Waals surface area contributed by atoms with Crippen molar-refractivity contribution in [2.45, 2.75) is 26.1 Å². The number of nitrogens with one attached hydrogen (secondary N) is 1. The fraction of sp³-hybridized carbons (Fsp3) is 0.632.